The lowest BCUT2D eigenvalue weighted by molar-refractivity contribution is 0.229. The highest BCUT2D eigenvalue weighted by atomic mass is 32.1. The summed E-state index contributed by atoms with van der Waals surface area (Å²) < 4.78 is 0. The van der Waals surface area contributed by atoms with Crippen LogP contribution in [-0.4, -0.2) is 11.2 Å². The molecular formula is C20H30N2S. The van der Waals surface area contributed by atoms with Gasteiger partial charge in [0.1, 0.15) is 0 Å². The molecule has 1 aromatic carbocycles. The van der Waals surface area contributed by atoms with Crippen LogP contribution in [0.2, 0.25) is 0 Å². The number of nitrogens with one attached hydrogen (secondary N) is 2. The van der Waals surface area contributed by atoms with Gasteiger partial charge in [0, 0.05) is 11.7 Å². The normalized spacial score (nSPS) is 25.7. The molecule has 0 amide bonds. The molecule has 0 spiro atoms. The fourth-order valence-corrected chi connectivity index (χ4v) is 4.60. The molecule has 0 atom stereocenters. The zero-order valence-electron chi connectivity index (χ0n) is 14.1. The van der Waals surface area contributed by atoms with E-state index in [1.807, 2.05) is 18.2 Å². The number of anilines is 1. The topological polar surface area (TPSA) is 24.1 Å². The lowest BCUT2D eigenvalue weighted by Gasteiger charge is -2.33. The zero-order chi connectivity index (χ0) is 15.9. The van der Waals surface area contributed by atoms with Gasteiger partial charge < -0.3 is 10.6 Å². The van der Waals surface area contributed by atoms with Crippen molar-refractivity contribution in [2.45, 2.75) is 70.3 Å². The summed E-state index contributed by atoms with van der Waals surface area (Å²) in [7, 11) is 0. The third-order valence-electron chi connectivity index (χ3n) is 5.61. The molecule has 0 saturated heterocycles. The van der Waals surface area contributed by atoms with Crippen molar-refractivity contribution in [1.82, 2.24) is 5.32 Å². The largest absolute Gasteiger partial charge is 0.360 e. The van der Waals surface area contributed by atoms with Crippen LogP contribution in [0, 0.1) is 11.8 Å². The maximum absolute atomic E-state index is 5.45. The monoisotopic (exact) mass is 330 g/mol. The Kier molecular flexibility index (Phi) is 6.32. The highest BCUT2D eigenvalue weighted by Gasteiger charge is 2.24. The van der Waals surface area contributed by atoms with Crippen molar-refractivity contribution in [3.63, 3.8) is 0 Å². The smallest absolute Gasteiger partial charge is 0.170 e. The van der Waals surface area contributed by atoms with E-state index in [1.54, 1.807) is 0 Å². The Morgan fingerprint density at radius 2 is 1.52 bits per heavy atom. The van der Waals surface area contributed by atoms with E-state index >= 15 is 0 Å². The van der Waals surface area contributed by atoms with Crippen molar-refractivity contribution in [3.8, 4) is 0 Å². The van der Waals surface area contributed by atoms with Crippen LogP contribution in [0.15, 0.2) is 30.3 Å². The third-order valence-corrected chi connectivity index (χ3v) is 5.82. The molecular weight excluding hydrogens is 300 g/mol. The predicted octanol–water partition coefficient (Wildman–Crippen LogP) is 5.50. The van der Waals surface area contributed by atoms with Crippen LogP contribution in [0.4, 0.5) is 5.69 Å². The van der Waals surface area contributed by atoms with Gasteiger partial charge >= 0.3 is 0 Å². The van der Waals surface area contributed by atoms with Gasteiger partial charge in [0.05, 0.1) is 0 Å². The summed E-state index contributed by atoms with van der Waals surface area (Å²) in [6.45, 7) is 0. The summed E-state index contributed by atoms with van der Waals surface area (Å²) in [5.74, 6) is 1.99. The Labute approximate surface area is 146 Å². The summed E-state index contributed by atoms with van der Waals surface area (Å²) in [6, 6.07) is 10.7. The van der Waals surface area contributed by atoms with Crippen LogP contribution in [0.3, 0.4) is 0 Å². The molecule has 0 aliphatic heterocycles. The van der Waals surface area contributed by atoms with Crippen molar-refractivity contribution >= 4 is 23.0 Å². The summed E-state index contributed by atoms with van der Waals surface area (Å²) in [5, 5.41) is 7.57. The Morgan fingerprint density at radius 1 is 0.870 bits per heavy atom. The number of hydrogen-bond donors (Lipinski definition) is 2. The van der Waals surface area contributed by atoms with Crippen LogP contribution >= 0.6 is 12.2 Å². The van der Waals surface area contributed by atoms with Gasteiger partial charge in [0.2, 0.25) is 0 Å². The Balaban J connectivity index is 1.36. The molecule has 126 valence electrons. The van der Waals surface area contributed by atoms with Gasteiger partial charge in [-0.05, 0) is 68.3 Å². The van der Waals surface area contributed by atoms with E-state index in [4.69, 9.17) is 12.2 Å². The van der Waals surface area contributed by atoms with Gasteiger partial charge in [-0.25, -0.2) is 0 Å². The molecule has 0 unspecified atom stereocenters. The van der Waals surface area contributed by atoms with Gasteiger partial charge in [-0.3, -0.25) is 0 Å². The Bertz CT molecular complexity index is 474. The van der Waals surface area contributed by atoms with Gasteiger partial charge in [0.25, 0.3) is 0 Å². The zero-order valence-corrected chi connectivity index (χ0v) is 14.9. The minimum absolute atomic E-state index is 0.557. The summed E-state index contributed by atoms with van der Waals surface area (Å²) >= 11 is 5.45. The number of hydrogen-bond acceptors (Lipinski definition) is 1. The van der Waals surface area contributed by atoms with Crippen molar-refractivity contribution < 1.29 is 0 Å². The van der Waals surface area contributed by atoms with E-state index in [0.29, 0.717) is 6.04 Å². The molecule has 23 heavy (non-hydrogen) atoms. The average Bonchev–Trinajstić information content (AvgIpc) is 2.58. The van der Waals surface area contributed by atoms with E-state index in [1.165, 1.54) is 64.2 Å². The molecule has 2 aliphatic carbocycles. The van der Waals surface area contributed by atoms with Crippen LogP contribution in [0.25, 0.3) is 0 Å². The maximum atomic E-state index is 5.45. The highest BCUT2D eigenvalue weighted by Crippen LogP contribution is 2.35. The first-order valence-electron chi connectivity index (χ1n) is 9.42. The summed E-state index contributed by atoms with van der Waals surface area (Å²) in [4.78, 5) is 0. The first-order valence-corrected chi connectivity index (χ1v) is 9.83. The molecule has 2 fully saturated rings. The minimum atomic E-state index is 0.557. The third kappa shape index (κ3) is 5.49. The highest BCUT2D eigenvalue weighted by molar-refractivity contribution is 7.80. The van der Waals surface area contributed by atoms with E-state index in [9.17, 15) is 0 Å². The van der Waals surface area contributed by atoms with Crippen LogP contribution in [0.5, 0.6) is 0 Å². The van der Waals surface area contributed by atoms with E-state index in [0.717, 1.165) is 22.6 Å². The summed E-state index contributed by atoms with van der Waals surface area (Å²) in [5.41, 5.74) is 1.07. The molecule has 2 nitrogen and oxygen atoms in total. The van der Waals surface area contributed by atoms with E-state index in [2.05, 4.69) is 22.8 Å². The van der Waals surface area contributed by atoms with E-state index < -0.39 is 0 Å². The van der Waals surface area contributed by atoms with Crippen LogP contribution < -0.4 is 10.6 Å². The number of thiocarbonyl (C=S) groups is 1. The second-order valence-electron chi connectivity index (χ2n) is 7.42. The van der Waals surface area contributed by atoms with Crippen molar-refractivity contribution in [2.75, 3.05) is 5.32 Å². The molecule has 2 saturated carbocycles. The molecule has 3 heteroatoms. The Hall–Kier alpha value is -1.09. The molecule has 0 bridgehead atoms. The average molecular weight is 331 g/mol. The number of para-hydroxylation sites is 1. The fraction of sp³-hybridized carbons (Fsp3) is 0.650. The van der Waals surface area contributed by atoms with Crippen molar-refractivity contribution in [1.29, 1.82) is 0 Å². The molecule has 0 aromatic heterocycles. The van der Waals surface area contributed by atoms with Gasteiger partial charge in [-0.2, -0.15) is 0 Å². The first kappa shape index (κ1) is 16.8. The standard InChI is InChI=1S/C20H30N2S/c23-20(21-18-9-5-2-6-10-18)22-19-13-11-17(12-14-19)15-16-7-3-1-4-8-16/h2,5-6,9-10,16-17,19H,1,3-4,7-8,11-15H2,(H2,21,22,23). The quantitative estimate of drug-likeness (QED) is 0.713. The first-order chi connectivity index (χ1) is 11.3. The fourth-order valence-electron chi connectivity index (χ4n) is 4.31. The van der Waals surface area contributed by atoms with Crippen LogP contribution in [-0.2, 0) is 0 Å². The second-order valence-corrected chi connectivity index (χ2v) is 7.83. The van der Waals surface area contributed by atoms with Gasteiger partial charge in [0.15, 0.2) is 5.11 Å². The van der Waals surface area contributed by atoms with Crippen molar-refractivity contribution in [2.24, 2.45) is 11.8 Å². The second kappa shape index (κ2) is 8.68. The molecule has 0 heterocycles. The van der Waals surface area contributed by atoms with E-state index in [-0.39, 0.29) is 0 Å². The lowest BCUT2D eigenvalue weighted by atomic mass is 9.76. The number of rotatable bonds is 4. The predicted molar refractivity (Wildman–Crippen MR) is 103 cm³/mol. The summed E-state index contributed by atoms with van der Waals surface area (Å²) in [6.07, 6.45) is 14.2. The maximum Gasteiger partial charge on any atom is 0.170 e. The number of benzene rings is 1. The molecule has 0 radical (unpaired) electrons. The van der Waals surface area contributed by atoms with Gasteiger partial charge in [-0.15, -0.1) is 0 Å². The SMILES string of the molecule is S=C(Nc1ccccc1)NC1CCC(CC2CCCCC2)CC1. The minimum Gasteiger partial charge on any atom is -0.360 e. The van der Waals surface area contributed by atoms with Crippen LogP contribution in [0.1, 0.15) is 64.2 Å². The van der Waals surface area contributed by atoms with Gasteiger partial charge in [-0.1, -0.05) is 50.3 Å². The molecule has 3 rings (SSSR count). The lowest BCUT2D eigenvalue weighted by Crippen LogP contribution is -2.40. The Morgan fingerprint density at radius 3 is 2.22 bits per heavy atom. The molecule has 1 aromatic rings. The van der Waals surface area contributed by atoms with Crippen molar-refractivity contribution in [3.05, 3.63) is 30.3 Å². The molecule has 2 aliphatic rings. The molecule has 2 N–H and O–H groups in total.